The first-order chi connectivity index (χ1) is 6.60. The second-order valence-electron chi connectivity index (χ2n) is 3.62. The van der Waals surface area contributed by atoms with Crippen LogP contribution in [0.5, 0.6) is 0 Å². The first-order valence-electron chi connectivity index (χ1n) is 4.93. The first-order valence-corrected chi connectivity index (χ1v) is 4.93. The number of nitrogens with zero attached hydrogens (tertiary/aromatic N) is 3. The second kappa shape index (κ2) is 7.58. The molecule has 0 aliphatic rings. The van der Waals surface area contributed by atoms with Crippen LogP contribution in [-0.2, 0) is 0 Å². The van der Waals surface area contributed by atoms with Crippen molar-refractivity contribution < 1.29 is 5.21 Å². The average Bonchev–Trinajstić information content (AvgIpc) is 2.15. The van der Waals surface area contributed by atoms with Crippen LogP contribution in [0.15, 0.2) is 5.16 Å². The van der Waals surface area contributed by atoms with Gasteiger partial charge in [-0.05, 0) is 40.2 Å². The highest BCUT2D eigenvalue weighted by Crippen LogP contribution is 1.92. The van der Waals surface area contributed by atoms with E-state index in [1.165, 1.54) is 0 Å². The Bertz CT molecular complexity index is 170. The van der Waals surface area contributed by atoms with Crippen molar-refractivity contribution >= 4 is 5.84 Å². The fourth-order valence-electron chi connectivity index (χ4n) is 1.22. The molecular weight excluding hydrogens is 180 g/mol. The molecule has 0 saturated heterocycles. The number of rotatable bonds is 7. The predicted molar refractivity (Wildman–Crippen MR) is 58.7 cm³/mol. The highest BCUT2D eigenvalue weighted by Gasteiger charge is 2.04. The molecule has 5 heteroatoms. The zero-order valence-electron chi connectivity index (χ0n) is 9.40. The minimum absolute atomic E-state index is 0.275. The van der Waals surface area contributed by atoms with Crippen molar-refractivity contribution in [3.63, 3.8) is 0 Å². The molecule has 3 N–H and O–H groups in total. The van der Waals surface area contributed by atoms with Crippen LogP contribution < -0.4 is 5.73 Å². The number of oxime groups is 1. The molecule has 0 unspecified atom stereocenters. The van der Waals surface area contributed by atoms with Crippen LogP contribution in [0, 0.1) is 0 Å². The molecular formula is C9H22N4O. The van der Waals surface area contributed by atoms with Gasteiger partial charge in [-0.25, -0.2) is 0 Å². The third kappa shape index (κ3) is 6.68. The van der Waals surface area contributed by atoms with E-state index in [0.717, 1.165) is 26.1 Å². The highest BCUT2D eigenvalue weighted by molar-refractivity contribution is 5.81. The molecule has 84 valence electrons. The molecule has 0 aromatic carbocycles. The molecule has 0 amide bonds. The Hall–Kier alpha value is -0.810. The van der Waals surface area contributed by atoms with Gasteiger partial charge in [0.05, 0.1) is 6.54 Å². The average molecular weight is 202 g/mol. The second-order valence-corrected chi connectivity index (χ2v) is 3.62. The number of hydrogen-bond acceptors (Lipinski definition) is 4. The topological polar surface area (TPSA) is 65.1 Å². The van der Waals surface area contributed by atoms with Crippen molar-refractivity contribution in [2.45, 2.75) is 13.3 Å². The molecule has 14 heavy (non-hydrogen) atoms. The van der Waals surface area contributed by atoms with Gasteiger partial charge >= 0.3 is 0 Å². The fraction of sp³-hybridized carbons (Fsp3) is 0.889. The highest BCUT2D eigenvalue weighted by atomic mass is 16.4. The van der Waals surface area contributed by atoms with E-state index in [1.807, 2.05) is 0 Å². The quantitative estimate of drug-likeness (QED) is 0.264. The summed E-state index contributed by atoms with van der Waals surface area (Å²) < 4.78 is 0. The predicted octanol–water partition coefficient (Wildman–Crippen LogP) is 0.00640. The number of nitrogens with two attached hydrogens (primary N) is 1. The molecule has 0 aliphatic carbocycles. The summed E-state index contributed by atoms with van der Waals surface area (Å²) in [4.78, 5) is 4.30. The Morgan fingerprint density at radius 2 is 2.00 bits per heavy atom. The monoisotopic (exact) mass is 202 g/mol. The van der Waals surface area contributed by atoms with Gasteiger partial charge in [-0.3, -0.25) is 4.90 Å². The van der Waals surface area contributed by atoms with Crippen molar-refractivity contribution in [2.24, 2.45) is 10.9 Å². The van der Waals surface area contributed by atoms with Crippen LogP contribution in [0.25, 0.3) is 0 Å². The van der Waals surface area contributed by atoms with Crippen molar-refractivity contribution in [1.29, 1.82) is 0 Å². The van der Waals surface area contributed by atoms with Crippen LogP contribution in [0.4, 0.5) is 0 Å². The minimum atomic E-state index is 0.275. The van der Waals surface area contributed by atoms with E-state index >= 15 is 0 Å². The van der Waals surface area contributed by atoms with Gasteiger partial charge in [0.25, 0.3) is 0 Å². The summed E-state index contributed by atoms with van der Waals surface area (Å²) >= 11 is 0. The molecule has 0 radical (unpaired) electrons. The zero-order valence-corrected chi connectivity index (χ0v) is 9.40. The minimum Gasteiger partial charge on any atom is -0.409 e. The van der Waals surface area contributed by atoms with Crippen LogP contribution in [0.1, 0.15) is 13.3 Å². The van der Waals surface area contributed by atoms with E-state index in [9.17, 15) is 0 Å². The molecule has 5 nitrogen and oxygen atoms in total. The summed E-state index contributed by atoms with van der Waals surface area (Å²) in [5, 5.41) is 11.4. The largest absolute Gasteiger partial charge is 0.409 e. The maximum Gasteiger partial charge on any atom is 0.153 e. The van der Waals surface area contributed by atoms with Gasteiger partial charge in [0.1, 0.15) is 0 Å². The maximum absolute atomic E-state index is 8.42. The Kier molecular flexibility index (Phi) is 7.14. The standard InChI is InChI=1S/C9H22N4O/c1-4-13(8-9(10)11-14)7-5-6-12(2)3/h14H,4-8H2,1-3H3,(H2,10,11). The third-order valence-corrected chi connectivity index (χ3v) is 2.04. The van der Waals surface area contributed by atoms with Crippen LogP contribution >= 0.6 is 0 Å². The molecule has 0 spiro atoms. The molecule has 0 fully saturated rings. The summed E-state index contributed by atoms with van der Waals surface area (Å²) in [5.74, 6) is 0.275. The molecule has 0 saturated carbocycles. The lowest BCUT2D eigenvalue weighted by molar-refractivity contribution is 0.283. The van der Waals surface area contributed by atoms with Gasteiger partial charge in [0, 0.05) is 0 Å². The SMILES string of the molecule is CCN(CCCN(C)C)CC(N)=NO. The molecule has 0 atom stereocenters. The lowest BCUT2D eigenvalue weighted by Gasteiger charge is -2.20. The van der Waals surface area contributed by atoms with Crippen molar-refractivity contribution in [1.82, 2.24) is 9.80 Å². The Balaban J connectivity index is 3.69. The summed E-state index contributed by atoms with van der Waals surface area (Å²) in [6, 6.07) is 0. The fourth-order valence-corrected chi connectivity index (χ4v) is 1.22. The third-order valence-electron chi connectivity index (χ3n) is 2.04. The van der Waals surface area contributed by atoms with E-state index < -0.39 is 0 Å². The molecule has 0 aromatic rings. The zero-order chi connectivity index (χ0) is 11.0. The lowest BCUT2D eigenvalue weighted by atomic mass is 10.3. The summed E-state index contributed by atoms with van der Waals surface area (Å²) in [6.45, 7) is 5.57. The van der Waals surface area contributed by atoms with Crippen molar-refractivity contribution in [3.8, 4) is 0 Å². The van der Waals surface area contributed by atoms with E-state index in [2.05, 4.69) is 36.0 Å². The van der Waals surface area contributed by atoms with E-state index in [0.29, 0.717) is 6.54 Å². The first kappa shape index (κ1) is 13.2. The molecule has 0 aliphatic heterocycles. The molecule has 0 heterocycles. The lowest BCUT2D eigenvalue weighted by Crippen LogP contribution is -2.35. The van der Waals surface area contributed by atoms with Crippen LogP contribution in [0.3, 0.4) is 0 Å². The van der Waals surface area contributed by atoms with E-state index in [1.54, 1.807) is 0 Å². The Morgan fingerprint density at radius 1 is 1.36 bits per heavy atom. The molecule has 0 bridgehead atoms. The van der Waals surface area contributed by atoms with Crippen LogP contribution in [-0.4, -0.2) is 61.1 Å². The maximum atomic E-state index is 8.42. The Labute approximate surface area is 86.2 Å². The van der Waals surface area contributed by atoms with E-state index in [-0.39, 0.29) is 5.84 Å². The summed E-state index contributed by atoms with van der Waals surface area (Å²) in [5.41, 5.74) is 5.43. The molecule has 0 aromatic heterocycles. The van der Waals surface area contributed by atoms with Gasteiger partial charge in [0.2, 0.25) is 0 Å². The molecule has 0 rings (SSSR count). The summed E-state index contributed by atoms with van der Waals surface area (Å²) in [7, 11) is 4.11. The van der Waals surface area contributed by atoms with Crippen molar-refractivity contribution in [3.05, 3.63) is 0 Å². The van der Waals surface area contributed by atoms with Gasteiger partial charge in [-0.15, -0.1) is 0 Å². The van der Waals surface area contributed by atoms with Crippen LogP contribution in [0.2, 0.25) is 0 Å². The number of amidine groups is 1. The summed E-state index contributed by atoms with van der Waals surface area (Å²) in [6.07, 6.45) is 1.10. The van der Waals surface area contributed by atoms with Gasteiger partial charge in [-0.2, -0.15) is 0 Å². The van der Waals surface area contributed by atoms with Gasteiger partial charge < -0.3 is 15.8 Å². The van der Waals surface area contributed by atoms with Gasteiger partial charge in [-0.1, -0.05) is 12.1 Å². The smallest absolute Gasteiger partial charge is 0.153 e. The number of hydrogen-bond donors (Lipinski definition) is 2. The van der Waals surface area contributed by atoms with Gasteiger partial charge in [0.15, 0.2) is 5.84 Å². The number of likely N-dealkylation sites (N-methyl/N-ethyl adjacent to an activating group) is 1. The van der Waals surface area contributed by atoms with Crippen molar-refractivity contribution in [2.75, 3.05) is 40.3 Å². The normalized spacial score (nSPS) is 12.8. The van der Waals surface area contributed by atoms with E-state index in [4.69, 9.17) is 10.9 Å². The Morgan fingerprint density at radius 3 is 2.43 bits per heavy atom.